The number of hydrogen-bond acceptors (Lipinski definition) is 3. The highest BCUT2D eigenvalue weighted by Gasteiger charge is 2.33. The molecule has 0 atom stereocenters. The molecule has 194 valence electrons. The predicted octanol–water partition coefficient (Wildman–Crippen LogP) is 6.20. The topological polar surface area (TPSA) is 55.2 Å². The van der Waals surface area contributed by atoms with Gasteiger partial charge < -0.3 is 9.47 Å². The Balaban J connectivity index is 1.22. The molecule has 0 radical (unpaired) electrons. The van der Waals surface area contributed by atoms with Gasteiger partial charge in [-0.25, -0.2) is 4.98 Å². The van der Waals surface area contributed by atoms with Gasteiger partial charge in [-0.05, 0) is 36.6 Å². The third-order valence-electron chi connectivity index (χ3n) is 6.99. The summed E-state index contributed by atoms with van der Waals surface area (Å²) in [5.74, 6) is 0.569. The molecule has 2 heterocycles. The van der Waals surface area contributed by atoms with E-state index < -0.39 is 11.7 Å². The average molecular weight is 518 g/mol. The summed E-state index contributed by atoms with van der Waals surface area (Å²) in [4.78, 5) is 32.0. The Morgan fingerprint density at radius 3 is 2.11 bits per heavy atom. The van der Waals surface area contributed by atoms with Crippen LogP contribution in [0.4, 0.5) is 13.2 Å². The minimum absolute atomic E-state index is 0.0398. The van der Waals surface area contributed by atoms with Crippen LogP contribution in [0.3, 0.4) is 0 Å². The maximum atomic E-state index is 13.5. The molecule has 0 spiro atoms. The van der Waals surface area contributed by atoms with Gasteiger partial charge in [0, 0.05) is 54.6 Å². The fourth-order valence-electron chi connectivity index (χ4n) is 4.98. The van der Waals surface area contributed by atoms with Gasteiger partial charge in [-0.3, -0.25) is 9.59 Å². The van der Waals surface area contributed by atoms with Gasteiger partial charge in [0.1, 0.15) is 5.82 Å². The number of hydrogen-bond donors (Lipinski definition) is 0. The lowest BCUT2D eigenvalue weighted by Crippen LogP contribution is -2.38. The van der Waals surface area contributed by atoms with Crippen molar-refractivity contribution in [3.63, 3.8) is 0 Å². The van der Waals surface area contributed by atoms with Crippen LogP contribution in [0.1, 0.15) is 62.0 Å². The van der Waals surface area contributed by atoms with Crippen molar-refractivity contribution in [3.8, 4) is 0 Å². The van der Waals surface area contributed by atoms with Crippen molar-refractivity contribution in [2.45, 2.75) is 31.5 Å². The van der Waals surface area contributed by atoms with Gasteiger partial charge >= 0.3 is 6.18 Å². The van der Waals surface area contributed by atoms with Gasteiger partial charge in [-0.1, -0.05) is 60.7 Å². The summed E-state index contributed by atoms with van der Waals surface area (Å²) >= 11 is 0. The Kier molecular flexibility index (Phi) is 7.13. The van der Waals surface area contributed by atoms with Gasteiger partial charge in [-0.2, -0.15) is 13.2 Å². The molecule has 0 unspecified atom stereocenters. The molecule has 1 aromatic heterocycles. The maximum Gasteiger partial charge on any atom is 0.416 e. The van der Waals surface area contributed by atoms with Crippen LogP contribution in [-0.2, 0) is 12.7 Å². The second-order valence-electron chi connectivity index (χ2n) is 9.41. The lowest BCUT2D eigenvalue weighted by molar-refractivity contribution is -0.138. The summed E-state index contributed by atoms with van der Waals surface area (Å²) in [6.07, 6.45) is 0.220. The highest BCUT2D eigenvalue weighted by atomic mass is 19.4. The van der Waals surface area contributed by atoms with Crippen molar-refractivity contribution in [1.82, 2.24) is 14.5 Å². The van der Waals surface area contributed by atoms with Crippen molar-refractivity contribution in [3.05, 3.63) is 125 Å². The van der Waals surface area contributed by atoms with E-state index in [4.69, 9.17) is 0 Å². The minimum Gasteiger partial charge on any atom is -0.339 e. The monoisotopic (exact) mass is 517 g/mol. The summed E-state index contributed by atoms with van der Waals surface area (Å²) in [6.45, 7) is 1.11. The van der Waals surface area contributed by atoms with Crippen LogP contribution in [0, 0.1) is 0 Å². The smallest absolute Gasteiger partial charge is 0.339 e. The van der Waals surface area contributed by atoms with Crippen LogP contribution in [0.25, 0.3) is 0 Å². The zero-order valence-corrected chi connectivity index (χ0v) is 20.6. The number of benzene rings is 3. The Bertz CT molecular complexity index is 1420. The normalized spacial score (nSPS) is 14.4. The first-order chi connectivity index (χ1) is 18.3. The number of likely N-dealkylation sites (tertiary alicyclic amines) is 1. The second kappa shape index (κ2) is 10.7. The fourth-order valence-corrected chi connectivity index (χ4v) is 4.98. The standard InChI is InChI=1S/C30H26F3N3O2/c31-30(32,33)26-9-5-4-8-25(26)20-36-19-16-34-28(36)23-14-17-35(18-15-23)29(38)24-12-10-22(11-13-24)27(37)21-6-2-1-3-7-21/h1-13,16,19,23H,14-15,17-18,20H2. The summed E-state index contributed by atoms with van der Waals surface area (Å²) in [7, 11) is 0. The molecular formula is C30H26F3N3O2. The number of imidazole rings is 1. The summed E-state index contributed by atoms with van der Waals surface area (Å²) in [5.41, 5.74) is 1.18. The van der Waals surface area contributed by atoms with Gasteiger partial charge in [-0.15, -0.1) is 0 Å². The Morgan fingerprint density at radius 1 is 0.816 bits per heavy atom. The number of piperidine rings is 1. The van der Waals surface area contributed by atoms with Crippen molar-refractivity contribution < 1.29 is 22.8 Å². The molecule has 3 aromatic carbocycles. The number of amides is 1. The first kappa shape index (κ1) is 25.4. The molecule has 38 heavy (non-hydrogen) atoms. The maximum absolute atomic E-state index is 13.5. The molecule has 0 bridgehead atoms. The number of carbonyl (C=O) groups is 2. The van der Waals surface area contributed by atoms with Crippen LogP contribution in [-0.4, -0.2) is 39.2 Å². The minimum atomic E-state index is -4.42. The van der Waals surface area contributed by atoms with E-state index in [0.717, 1.165) is 11.9 Å². The Labute approximate surface area is 218 Å². The van der Waals surface area contributed by atoms with E-state index in [0.29, 0.717) is 42.6 Å². The molecule has 1 fully saturated rings. The number of halogens is 3. The van der Waals surface area contributed by atoms with Crippen molar-refractivity contribution in [1.29, 1.82) is 0 Å². The molecule has 5 nitrogen and oxygen atoms in total. The van der Waals surface area contributed by atoms with E-state index in [-0.39, 0.29) is 29.7 Å². The Hall–Kier alpha value is -4.20. The molecule has 1 aliphatic rings. The summed E-state index contributed by atoms with van der Waals surface area (Å²) in [6, 6.07) is 21.3. The van der Waals surface area contributed by atoms with Gasteiger partial charge in [0.15, 0.2) is 5.78 Å². The van der Waals surface area contributed by atoms with Crippen molar-refractivity contribution >= 4 is 11.7 Å². The zero-order chi connectivity index (χ0) is 26.7. The van der Waals surface area contributed by atoms with Gasteiger partial charge in [0.25, 0.3) is 5.91 Å². The number of carbonyl (C=O) groups excluding carboxylic acids is 2. The molecule has 8 heteroatoms. The third-order valence-corrected chi connectivity index (χ3v) is 6.99. The van der Waals surface area contributed by atoms with Crippen molar-refractivity contribution in [2.75, 3.05) is 13.1 Å². The lowest BCUT2D eigenvalue weighted by atomic mass is 9.95. The van der Waals surface area contributed by atoms with E-state index in [9.17, 15) is 22.8 Å². The third kappa shape index (κ3) is 5.39. The average Bonchev–Trinajstić information content (AvgIpc) is 3.41. The zero-order valence-electron chi connectivity index (χ0n) is 20.6. The number of alkyl halides is 3. The van der Waals surface area contributed by atoms with Crippen LogP contribution < -0.4 is 0 Å². The van der Waals surface area contributed by atoms with E-state index in [1.807, 2.05) is 18.2 Å². The van der Waals surface area contributed by atoms with Crippen LogP contribution in [0.5, 0.6) is 0 Å². The first-order valence-electron chi connectivity index (χ1n) is 12.5. The number of rotatable bonds is 6. The molecule has 1 aliphatic heterocycles. The van der Waals surface area contributed by atoms with E-state index in [2.05, 4.69) is 4.98 Å². The predicted molar refractivity (Wildman–Crippen MR) is 137 cm³/mol. The van der Waals surface area contributed by atoms with Crippen molar-refractivity contribution in [2.24, 2.45) is 0 Å². The van der Waals surface area contributed by atoms with E-state index >= 15 is 0 Å². The SMILES string of the molecule is O=C(c1ccccc1)c1ccc(C(=O)N2CCC(c3nccn3Cc3ccccc3C(F)(F)F)CC2)cc1. The highest BCUT2D eigenvalue weighted by molar-refractivity contribution is 6.09. The molecular weight excluding hydrogens is 491 g/mol. The largest absolute Gasteiger partial charge is 0.416 e. The molecule has 0 aliphatic carbocycles. The molecule has 5 rings (SSSR count). The first-order valence-corrected chi connectivity index (χ1v) is 12.5. The fraction of sp³-hybridized carbons (Fsp3) is 0.233. The lowest BCUT2D eigenvalue weighted by Gasteiger charge is -2.32. The Morgan fingerprint density at radius 2 is 1.42 bits per heavy atom. The van der Waals surface area contributed by atoms with E-state index in [1.165, 1.54) is 12.1 Å². The van der Waals surface area contributed by atoms with Crippen LogP contribution in [0.2, 0.25) is 0 Å². The summed E-state index contributed by atoms with van der Waals surface area (Å²) in [5, 5.41) is 0. The van der Waals surface area contributed by atoms with Crippen LogP contribution >= 0.6 is 0 Å². The quantitative estimate of drug-likeness (QED) is 0.286. The van der Waals surface area contributed by atoms with E-state index in [1.54, 1.807) is 64.3 Å². The molecule has 1 saturated heterocycles. The second-order valence-corrected chi connectivity index (χ2v) is 9.41. The van der Waals surface area contributed by atoms with Gasteiger partial charge in [0.05, 0.1) is 5.56 Å². The number of aromatic nitrogens is 2. The van der Waals surface area contributed by atoms with Crippen LogP contribution in [0.15, 0.2) is 91.3 Å². The molecule has 0 saturated carbocycles. The number of ketones is 1. The molecule has 4 aromatic rings. The molecule has 0 N–H and O–H groups in total. The molecule has 1 amide bonds. The highest BCUT2D eigenvalue weighted by Crippen LogP contribution is 2.33. The number of nitrogens with zero attached hydrogens (tertiary/aromatic N) is 3. The summed E-state index contributed by atoms with van der Waals surface area (Å²) < 4.78 is 42.1. The van der Waals surface area contributed by atoms with Gasteiger partial charge in [0.2, 0.25) is 0 Å².